The van der Waals surface area contributed by atoms with E-state index >= 15 is 0 Å². The summed E-state index contributed by atoms with van der Waals surface area (Å²) in [5, 5.41) is 1.86. The lowest BCUT2D eigenvalue weighted by atomic mass is 10.2. The molecular weight excluding hydrogens is 287 g/mol. The number of sulfonamides is 1. The van der Waals surface area contributed by atoms with Crippen LogP contribution in [0.3, 0.4) is 0 Å². The van der Waals surface area contributed by atoms with Gasteiger partial charge in [-0.3, -0.25) is 0 Å². The number of nitrogen functional groups attached to an aromatic ring is 1. The molecule has 0 aliphatic carbocycles. The monoisotopic (exact) mass is 300 g/mol. The molecule has 0 unspecified atom stereocenters. The summed E-state index contributed by atoms with van der Waals surface area (Å²) in [6.07, 6.45) is 0. The fourth-order valence-corrected chi connectivity index (χ4v) is 3.64. The molecule has 19 heavy (non-hydrogen) atoms. The second kappa shape index (κ2) is 5.28. The van der Waals surface area contributed by atoms with Crippen molar-refractivity contribution in [3.63, 3.8) is 0 Å². The van der Waals surface area contributed by atoms with Crippen LogP contribution >= 0.6 is 11.3 Å². The van der Waals surface area contributed by atoms with E-state index in [0.29, 0.717) is 0 Å². The van der Waals surface area contributed by atoms with Gasteiger partial charge in [0.1, 0.15) is 5.82 Å². The van der Waals surface area contributed by atoms with Crippen LogP contribution in [0.4, 0.5) is 10.1 Å². The molecule has 2 aromatic rings. The van der Waals surface area contributed by atoms with Gasteiger partial charge >= 0.3 is 0 Å². The van der Waals surface area contributed by atoms with Crippen LogP contribution in [0.15, 0.2) is 34.5 Å². The van der Waals surface area contributed by atoms with Crippen molar-refractivity contribution in [3.8, 4) is 0 Å². The van der Waals surface area contributed by atoms with Crippen molar-refractivity contribution in [1.29, 1.82) is 0 Å². The number of rotatable bonds is 4. The second-order valence-corrected chi connectivity index (χ2v) is 6.80. The van der Waals surface area contributed by atoms with Crippen molar-refractivity contribution < 1.29 is 12.8 Å². The molecule has 0 atom stereocenters. The molecule has 0 saturated heterocycles. The Kier molecular flexibility index (Phi) is 3.88. The smallest absolute Gasteiger partial charge is 0.241 e. The first-order chi connectivity index (χ1) is 8.90. The number of anilines is 1. The fraction of sp³-hybridized carbons (Fsp3) is 0.167. The SMILES string of the molecule is Cc1c(F)cc(N)cc1S(=O)(=O)NCc1cccs1. The number of halogens is 1. The van der Waals surface area contributed by atoms with Gasteiger partial charge in [-0.25, -0.2) is 17.5 Å². The summed E-state index contributed by atoms with van der Waals surface area (Å²) in [6, 6.07) is 6.02. The normalized spacial score (nSPS) is 11.7. The maximum absolute atomic E-state index is 13.5. The predicted molar refractivity (Wildman–Crippen MR) is 73.9 cm³/mol. The number of benzene rings is 1. The van der Waals surface area contributed by atoms with Crippen molar-refractivity contribution in [2.75, 3.05) is 5.73 Å². The van der Waals surface area contributed by atoms with E-state index in [9.17, 15) is 12.8 Å². The number of nitrogens with one attached hydrogen (secondary N) is 1. The van der Waals surface area contributed by atoms with Crippen LogP contribution in [0, 0.1) is 12.7 Å². The van der Waals surface area contributed by atoms with Crippen LogP contribution in [0.5, 0.6) is 0 Å². The summed E-state index contributed by atoms with van der Waals surface area (Å²) < 4.78 is 40.2. The van der Waals surface area contributed by atoms with E-state index in [2.05, 4.69) is 4.72 Å². The molecule has 0 spiro atoms. The molecule has 0 bridgehead atoms. The summed E-state index contributed by atoms with van der Waals surface area (Å²) in [4.78, 5) is 0.757. The number of hydrogen-bond acceptors (Lipinski definition) is 4. The molecule has 1 heterocycles. The minimum absolute atomic E-state index is 0.0629. The lowest BCUT2D eigenvalue weighted by molar-refractivity contribution is 0.575. The molecule has 0 fully saturated rings. The predicted octanol–water partition coefficient (Wildman–Crippen LogP) is 2.26. The zero-order valence-electron chi connectivity index (χ0n) is 10.2. The van der Waals surface area contributed by atoms with E-state index in [0.717, 1.165) is 10.9 Å². The third-order valence-electron chi connectivity index (χ3n) is 2.63. The zero-order valence-corrected chi connectivity index (χ0v) is 11.8. The van der Waals surface area contributed by atoms with Gasteiger partial charge in [-0.2, -0.15) is 0 Å². The zero-order chi connectivity index (χ0) is 14.0. The van der Waals surface area contributed by atoms with E-state index < -0.39 is 15.8 Å². The van der Waals surface area contributed by atoms with E-state index in [1.54, 1.807) is 0 Å². The van der Waals surface area contributed by atoms with Crippen LogP contribution in [-0.2, 0) is 16.6 Å². The molecule has 3 N–H and O–H groups in total. The average molecular weight is 300 g/mol. The Morgan fingerprint density at radius 3 is 2.79 bits per heavy atom. The molecule has 0 aliphatic heterocycles. The molecule has 4 nitrogen and oxygen atoms in total. The van der Waals surface area contributed by atoms with Crippen molar-refractivity contribution in [2.24, 2.45) is 0 Å². The minimum atomic E-state index is -3.78. The highest BCUT2D eigenvalue weighted by Gasteiger charge is 2.19. The maximum Gasteiger partial charge on any atom is 0.241 e. The Bertz CT molecular complexity index is 682. The summed E-state index contributed by atoms with van der Waals surface area (Å²) in [5.74, 6) is -0.628. The molecule has 7 heteroatoms. The first kappa shape index (κ1) is 14.0. The Hall–Kier alpha value is -1.44. The average Bonchev–Trinajstić information content (AvgIpc) is 2.84. The van der Waals surface area contributed by atoms with E-state index in [1.807, 2.05) is 17.5 Å². The molecule has 2 rings (SSSR count). The molecule has 102 valence electrons. The van der Waals surface area contributed by atoms with Gasteiger partial charge in [0.05, 0.1) is 4.90 Å². The molecule has 0 saturated carbocycles. The molecule has 1 aromatic carbocycles. The van der Waals surface area contributed by atoms with Crippen LogP contribution in [0.25, 0.3) is 0 Å². The van der Waals surface area contributed by atoms with Crippen molar-refractivity contribution in [3.05, 3.63) is 45.9 Å². The Labute approximate surface area is 115 Å². The molecule has 0 aliphatic rings. The first-order valence-corrected chi connectivity index (χ1v) is 7.84. The third-order valence-corrected chi connectivity index (χ3v) is 5.03. The summed E-state index contributed by atoms with van der Waals surface area (Å²) in [5.41, 5.74) is 5.63. The number of nitrogens with two attached hydrogens (primary N) is 1. The summed E-state index contributed by atoms with van der Waals surface area (Å²) in [6.45, 7) is 1.59. The van der Waals surface area contributed by atoms with Gasteiger partial charge in [-0.05, 0) is 30.5 Å². The van der Waals surface area contributed by atoms with Gasteiger partial charge in [0, 0.05) is 22.7 Å². The maximum atomic E-state index is 13.5. The summed E-state index contributed by atoms with van der Waals surface area (Å²) in [7, 11) is -3.78. The van der Waals surface area contributed by atoms with E-state index in [1.165, 1.54) is 24.3 Å². The quantitative estimate of drug-likeness (QED) is 0.851. The van der Waals surface area contributed by atoms with Crippen molar-refractivity contribution in [2.45, 2.75) is 18.4 Å². The first-order valence-electron chi connectivity index (χ1n) is 5.48. The van der Waals surface area contributed by atoms with Gasteiger partial charge in [0.2, 0.25) is 10.0 Å². The highest BCUT2D eigenvalue weighted by Crippen LogP contribution is 2.22. The Morgan fingerprint density at radius 2 is 2.16 bits per heavy atom. The van der Waals surface area contributed by atoms with Crippen LogP contribution < -0.4 is 10.5 Å². The lowest BCUT2D eigenvalue weighted by Gasteiger charge is -2.10. The lowest BCUT2D eigenvalue weighted by Crippen LogP contribution is -2.24. The minimum Gasteiger partial charge on any atom is -0.399 e. The topological polar surface area (TPSA) is 72.2 Å². The summed E-state index contributed by atoms with van der Waals surface area (Å²) >= 11 is 1.44. The van der Waals surface area contributed by atoms with Crippen LogP contribution in [0.2, 0.25) is 0 Å². The van der Waals surface area contributed by atoms with Gasteiger partial charge in [-0.15, -0.1) is 11.3 Å². The van der Waals surface area contributed by atoms with E-state index in [4.69, 9.17) is 5.73 Å². The van der Waals surface area contributed by atoms with Crippen LogP contribution in [-0.4, -0.2) is 8.42 Å². The van der Waals surface area contributed by atoms with Crippen LogP contribution in [0.1, 0.15) is 10.4 Å². The molecule has 0 radical (unpaired) electrons. The Morgan fingerprint density at radius 1 is 1.42 bits per heavy atom. The van der Waals surface area contributed by atoms with Gasteiger partial charge < -0.3 is 5.73 Å². The largest absolute Gasteiger partial charge is 0.399 e. The van der Waals surface area contributed by atoms with Gasteiger partial charge in [0.25, 0.3) is 0 Å². The Balaban J connectivity index is 2.29. The third kappa shape index (κ3) is 3.12. The van der Waals surface area contributed by atoms with Crippen molar-refractivity contribution in [1.82, 2.24) is 4.72 Å². The number of thiophene rings is 1. The van der Waals surface area contributed by atoms with Gasteiger partial charge in [-0.1, -0.05) is 6.07 Å². The highest BCUT2D eigenvalue weighted by molar-refractivity contribution is 7.89. The molecular formula is C12H13FN2O2S2. The van der Waals surface area contributed by atoms with Gasteiger partial charge in [0.15, 0.2) is 0 Å². The highest BCUT2D eigenvalue weighted by atomic mass is 32.2. The standard InChI is InChI=1S/C12H13FN2O2S2/c1-8-11(13)5-9(14)6-12(8)19(16,17)15-7-10-3-2-4-18-10/h2-6,15H,7,14H2,1H3. The van der Waals surface area contributed by atoms with E-state index in [-0.39, 0.29) is 22.7 Å². The second-order valence-electron chi connectivity index (χ2n) is 4.03. The number of hydrogen-bond donors (Lipinski definition) is 2. The fourth-order valence-electron chi connectivity index (χ4n) is 1.61. The van der Waals surface area contributed by atoms with Crippen molar-refractivity contribution >= 4 is 27.0 Å². The molecule has 1 aromatic heterocycles. The molecule has 0 amide bonds.